The summed E-state index contributed by atoms with van der Waals surface area (Å²) in [6.45, 7) is 4.54. The first-order chi connectivity index (χ1) is 12.4. The van der Waals surface area contributed by atoms with Crippen LogP contribution in [0, 0.1) is 17.7 Å². The molecule has 26 heavy (non-hydrogen) atoms. The summed E-state index contributed by atoms with van der Waals surface area (Å²) in [5.74, 6) is -2.27. The van der Waals surface area contributed by atoms with Gasteiger partial charge in [-0.2, -0.15) is 0 Å². The van der Waals surface area contributed by atoms with Crippen LogP contribution in [0.15, 0.2) is 23.6 Å². The number of aromatic nitrogens is 2. The van der Waals surface area contributed by atoms with Crippen molar-refractivity contribution >= 4 is 23.0 Å². The molecule has 1 aliphatic rings. The Morgan fingerprint density at radius 2 is 1.92 bits per heavy atom. The van der Waals surface area contributed by atoms with Crippen LogP contribution in [0.4, 0.5) is 14.5 Å². The van der Waals surface area contributed by atoms with Crippen molar-refractivity contribution in [2.45, 2.75) is 26.1 Å². The smallest absolute Gasteiger partial charge is 0.183 e. The van der Waals surface area contributed by atoms with Crippen molar-refractivity contribution in [3.05, 3.63) is 52.6 Å². The molecule has 0 saturated carbocycles. The fourth-order valence-corrected chi connectivity index (χ4v) is 3.16. The molecule has 0 amide bonds. The van der Waals surface area contributed by atoms with Crippen molar-refractivity contribution < 1.29 is 18.7 Å². The van der Waals surface area contributed by atoms with Crippen LogP contribution >= 0.6 is 11.6 Å². The lowest BCUT2D eigenvalue weighted by Gasteiger charge is -2.36. The summed E-state index contributed by atoms with van der Waals surface area (Å²) < 4.78 is 35.1. The second-order valence-corrected chi connectivity index (χ2v) is 6.34. The van der Waals surface area contributed by atoms with Crippen LogP contribution in [-0.2, 0) is 4.74 Å². The summed E-state index contributed by atoms with van der Waals surface area (Å²) >= 11 is 5.91. The lowest BCUT2D eigenvalue weighted by Crippen LogP contribution is -2.46. The standard InChI is InChI=1S/C17H16ClF2N4O2/c1-9-7-24(8-10(2)26-9)12-4-3-11(13(19)14(12)20)15(23-25)16-17(18)22-6-5-21-16/h3,5-6,9-10,25H,7-8H2,1-2H3/b23-15+/t9-,10+. The van der Waals surface area contributed by atoms with Crippen LogP contribution in [0.1, 0.15) is 25.1 Å². The molecular formula is C17H16ClF2N4O2. The van der Waals surface area contributed by atoms with E-state index in [0.717, 1.165) is 0 Å². The Morgan fingerprint density at radius 3 is 2.54 bits per heavy atom. The number of anilines is 1. The number of rotatable bonds is 3. The predicted molar refractivity (Wildman–Crippen MR) is 91.9 cm³/mol. The monoisotopic (exact) mass is 381 g/mol. The summed E-state index contributed by atoms with van der Waals surface area (Å²) in [5.41, 5.74) is -0.711. The first-order valence-corrected chi connectivity index (χ1v) is 8.29. The van der Waals surface area contributed by atoms with Crippen LogP contribution in [0.3, 0.4) is 0 Å². The highest BCUT2D eigenvalue weighted by atomic mass is 35.5. The summed E-state index contributed by atoms with van der Waals surface area (Å²) in [5, 5.41) is 12.2. The maximum Gasteiger partial charge on any atom is 0.183 e. The van der Waals surface area contributed by atoms with Gasteiger partial charge in [-0.15, -0.1) is 0 Å². The summed E-state index contributed by atoms with van der Waals surface area (Å²) in [7, 11) is 0. The van der Waals surface area contributed by atoms with Crippen LogP contribution in [0.2, 0.25) is 5.15 Å². The van der Waals surface area contributed by atoms with Gasteiger partial charge in [0, 0.05) is 37.1 Å². The molecule has 9 heteroatoms. The number of ether oxygens (including phenoxy) is 1. The molecule has 1 radical (unpaired) electrons. The number of hydrogen-bond acceptors (Lipinski definition) is 6. The highest BCUT2D eigenvalue weighted by molar-refractivity contribution is 6.33. The van der Waals surface area contributed by atoms with Gasteiger partial charge < -0.3 is 14.8 Å². The molecule has 1 aromatic carbocycles. The number of benzene rings is 1. The van der Waals surface area contributed by atoms with Gasteiger partial charge in [0.1, 0.15) is 11.4 Å². The molecule has 1 N–H and O–H groups in total. The van der Waals surface area contributed by atoms with E-state index in [1.54, 1.807) is 4.90 Å². The van der Waals surface area contributed by atoms with Gasteiger partial charge in [0.2, 0.25) is 0 Å². The predicted octanol–water partition coefficient (Wildman–Crippen LogP) is 3.05. The Morgan fingerprint density at radius 1 is 1.27 bits per heavy atom. The minimum atomic E-state index is -1.18. The highest BCUT2D eigenvalue weighted by Gasteiger charge is 2.28. The van der Waals surface area contributed by atoms with Crippen LogP contribution in [0.25, 0.3) is 0 Å². The molecular weight excluding hydrogens is 366 g/mol. The molecule has 1 aliphatic heterocycles. The van der Waals surface area contributed by atoms with E-state index in [4.69, 9.17) is 16.3 Å². The minimum Gasteiger partial charge on any atom is -0.410 e. The van der Waals surface area contributed by atoms with Crippen LogP contribution in [-0.4, -0.2) is 46.2 Å². The lowest BCUT2D eigenvalue weighted by molar-refractivity contribution is -0.00544. The third-order valence-corrected chi connectivity index (χ3v) is 4.24. The molecule has 1 saturated heterocycles. The number of oxime groups is 1. The van der Waals surface area contributed by atoms with Gasteiger partial charge >= 0.3 is 0 Å². The zero-order valence-electron chi connectivity index (χ0n) is 14.1. The highest BCUT2D eigenvalue weighted by Crippen LogP contribution is 2.28. The normalized spacial score (nSPS) is 21.1. The van der Waals surface area contributed by atoms with Crippen molar-refractivity contribution in [3.8, 4) is 0 Å². The van der Waals surface area contributed by atoms with Gasteiger partial charge in [-0.3, -0.25) is 0 Å². The Bertz CT molecular complexity index is 840. The molecule has 137 valence electrons. The topological polar surface area (TPSA) is 70.8 Å². The van der Waals surface area contributed by atoms with Crippen molar-refractivity contribution in [2.24, 2.45) is 5.16 Å². The second kappa shape index (κ2) is 7.51. The first kappa shape index (κ1) is 18.5. The average Bonchev–Trinajstić information content (AvgIpc) is 2.60. The van der Waals surface area contributed by atoms with Crippen LogP contribution < -0.4 is 4.90 Å². The minimum absolute atomic E-state index is 0.00391. The van der Waals surface area contributed by atoms with E-state index in [-0.39, 0.29) is 40.0 Å². The van der Waals surface area contributed by atoms with Gasteiger partial charge in [-0.25, -0.2) is 18.7 Å². The molecule has 2 aromatic rings. The van der Waals surface area contributed by atoms with Gasteiger partial charge in [0.25, 0.3) is 0 Å². The Hall–Kier alpha value is -2.32. The fraction of sp³-hybridized carbons (Fsp3) is 0.353. The lowest BCUT2D eigenvalue weighted by atomic mass is 10.0. The van der Waals surface area contributed by atoms with Gasteiger partial charge in [0.05, 0.1) is 17.9 Å². The van der Waals surface area contributed by atoms with E-state index in [1.165, 1.54) is 18.5 Å². The molecule has 6 nitrogen and oxygen atoms in total. The van der Waals surface area contributed by atoms with Gasteiger partial charge in [-0.1, -0.05) is 16.8 Å². The number of morpholine rings is 1. The molecule has 2 heterocycles. The summed E-state index contributed by atoms with van der Waals surface area (Å²) in [6.07, 6.45) is 2.38. The maximum absolute atomic E-state index is 14.7. The third kappa shape index (κ3) is 3.47. The Labute approximate surface area is 154 Å². The van der Waals surface area contributed by atoms with Crippen molar-refractivity contribution in [3.63, 3.8) is 0 Å². The largest absolute Gasteiger partial charge is 0.410 e. The Balaban J connectivity index is 2.01. The SMILES string of the molecule is C[C@@H]1CN(c2[c]cc(/C(=N\O)c3nccnc3Cl)c(F)c2F)C[C@H](C)O1. The summed E-state index contributed by atoms with van der Waals surface area (Å²) in [6, 6.07) is 3.94. The molecule has 2 atom stereocenters. The zero-order valence-corrected chi connectivity index (χ0v) is 14.8. The number of nitrogens with zero attached hydrogens (tertiary/aromatic N) is 4. The zero-order chi connectivity index (χ0) is 18.8. The second-order valence-electron chi connectivity index (χ2n) is 5.99. The molecule has 3 rings (SSSR count). The van der Waals surface area contributed by atoms with E-state index >= 15 is 0 Å². The van der Waals surface area contributed by atoms with E-state index in [1.807, 2.05) is 13.8 Å². The third-order valence-electron chi connectivity index (χ3n) is 3.96. The number of halogens is 3. The molecule has 0 spiro atoms. The van der Waals surface area contributed by atoms with E-state index in [0.29, 0.717) is 13.1 Å². The molecule has 0 aliphatic carbocycles. The fourth-order valence-electron chi connectivity index (χ4n) is 2.96. The molecule has 0 bridgehead atoms. The van der Waals surface area contributed by atoms with E-state index in [2.05, 4.69) is 21.2 Å². The summed E-state index contributed by atoms with van der Waals surface area (Å²) in [4.78, 5) is 9.38. The van der Waals surface area contributed by atoms with E-state index in [9.17, 15) is 14.0 Å². The van der Waals surface area contributed by atoms with Gasteiger partial charge in [0.15, 0.2) is 16.8 Å². The average molecular weight is 382 g/mol. The number of hydrogen-bond donors (Lipinski definition) is 1. The molecule has 1 aromatic heterocycles. The first-order valence-electron chi connectivity index (χ1n) is 7.91. The molecule has 0 unspecified atom stereocenters. The van der Waals surface area contributed by atoms with Crippen molar-refractivity contribution in [1.29, 1.82) is 0 Å². The van der Waals surface area contributed by atoms with Crippen molar-refractivity contribution in [2.75, 3.05) is 18.0 Å². The van der Waals surface area contributed by atoms with Crippen molar-refractivity contribution in [1.82, 2.24) is 9.97 Å². The van der Waals surface area contributed by atoms with E-state index < -0.39 is 11.6 Å². The van der Waals surface area contributed by atoms with Crippen LogP contribution in [0.5, 0.6) is 0 Å². The Kier molecular flexibility index (Phi) is 5.33. The maximum atomic E-state index is 14.7. The molecule has 1 fully saturated rings. The van der Waals surface area contributed by atoms with Gasteiger partial charge in [-0.05, 0) is 19.9 Å². The quantitative estimate of drug-likeness (QED) is 0.502.